The predicted octanol–water partition coefficient (Wildman–Crippen LogP) is 6.12. The van der Waals surface area contributed by atoms with Crippen LogP contribution in [0.1, 0.15) is 51.1 Å². The first-order chi connectivity index (χ1) is 15.7. The van der Waals surface area contributed by atoms with E-state index < -0.39 is 41.1 Å². The van der Waals surface area contributed by atoms with Gasteiger partial charge in [0.1, 0.15) is 11.8 Å². The minimum absolute atomic E-state index is 0.0525. The Kier molecular flexibility index (Phi) is 7.57. The molecule has 1 amide bonds. The number of amides is 1. The smallest absolute Gasteiger partial charge is 0.443 e. The average molecular weight is 522 g/mol. The molecular formula is C22H24ClF4N3O3S. The van der Waals surface area contributed by atoms with E-state index in [2.05, 4.69) is 9.97 Å². The Bertz CT molecular complexity index is 1070. The van der Waals surface area contributed by atoms with Crippen LogP contribution in [0.5, 0.6) is 0 Å². The molecular weight excluding hydrogens is 498 g/mol. The van der Waals surface area contributed by atoms with Gasteiger partial charge in [-0.2, -0.15) is 13.2 Å². The molecule has 12 heteroatoms. The van der Waals surface area contributed by atoms with Crippen LogP contribution in [0.25, 0.3) is 10.6 Å². The molecule has 3 atom stereocenters. The second kappa shape index (κ2) is 9.77. The lowest BCUT2D eigenvalue weighted by molar-refractivity contribution is -0.137. The van der Waals surface area contributed by atoms with Crippen molar-refractivity contribution in [1.82, 2.24) is 14.9 Å². The highest BCUT2D eigenvalue weighted by Crippen LogP contribution is 2.36. The van der Waals surface area contributed by atoms with Gasteiger partial charge in [0.15, 0.2) is 10.8 Å². The number of alkyl halides is 4. The molecule has 0 N–H and O–H groups in total. The van der Waals surface area contributed by atoms with Gasteiger partial charge in [0.05, 0.1) is 27.7 Å². The molecule has 3 rings (SSSR count). The van der Waals surface area contributed by atoms with E-state index in [9.17, 15) is 27.2 Å². The van der Waals surface area contributed by atoms with Crippen molar-refractivity contribution in [3.05, 3.63) is 34.1 Å². The molecule has 1 saturated heterocycles. The lowest BCUT2D eigenvalue weighted by Crippen LogP contribution is -2.47. The maximum Gasteiger partial charge on any atom is 0.443 e. The summed E-state index contributed by atoms with van der Waals surface area (Å²) < 4.78 is 58.3. The molecule has 186 valence electrons. The van der Waals surface area contributed by atoms with Crippen LogP contribution >= 0.6 is 22.9 Å². The van der Waals surface area contributed by atoms with Gasteiger partial charge >= 0.3 is 12.3 Å². The third-order valence-corrected chi connectivity index (χ3v) is 6.70. The van der Waals surface area contributed by atoms with Crippen LogP contribution in [0.4, 0.5) is 22.4 Å². The van der Waals surface area contributed by atoms with E-state index in [0.29, 0.717) is 16.9 Å². The van der Waals surface area contributed by atoms with Crippen LogP contribution in [-0.4, -0.2) is 50.6 Å². The Hall–Kier alpha value is -2.27. The van der Waals surface area contributed by atoms with Gasteiger partial charge in [-0.05, 0) is 45.7 Å². The zero-order chi connectivity index (χ0) is 25.4. The van der Waals surface area contributed by atoms with Crippen molar-refractivity contribution in [2.45, 2.75) is 77.0 Å². The summed E-state index contributed by atoms with van der Waals surface area (Å²) in [4.78, 5) is 34.4. The number of rotatable bonds is 5. The molecule has 0 saturated carbocycles. The third-order valence-electron chi connectivity index (χ3n) is 5.30. The Morgan fingerprint density at radius 2 is 1.91 bits per heavy atom. The number of ketones is 1. The third kappa shape index (κ3) is 6.04. The quantitative estimate of drug-likeness (QED) is 0.443. The summed E-state index contributed by atoms with van der Waals surface area (Å²) in [5.74, 6) is -0.357. The molecule has 6 nitrogen and oxygen atoms in total. The van der Waals surface area contributed by atoms with Gasteiger partial charge in [0.2, 0.25) is 0 Å². The molecule has 0 spiro atoms. The number of halogens is 5. The van der Waals surface area contributed by atoms with E-state index in [0.717, 1.165) is 11.1 Å². The number of pyridine rings is 1. The molecule has 0 radical (unpaired) electrons. The minimum Gasteiger partial charge on any atom is -0.444 e. The number of ether oxygens (including phenoxy) is 1. The molecule has 2 aromatic rings. The summed E-state index contributed by atoms with van der Waals surface area (Å²) in [5.41, 5.74) is -0.0651. The fourth-order valence-corrected chi connectivity index (χ4v) is 4.58. The van der Waals surface area contributed by atoms with Crippen molar-refractivity contribution < 1.29 is 31.9 Å². The summed E-state index contributed by atoms with van der Waals surface area (Å²) in [7, 11) is 0. The van der Waals surface area contributed by atoms with Crippen molar-refractivity contribution in [3.8, 4) is 10.6 Å². The lowest BCUT2D eigenvalue weighted by atomic mass is 10.0. The fourth-order valence-electron chi connectivity index (χ4n) is 3.63. The molecule has 34 heavy (non-hydrogen) atoms. The summed E-state index contributed by atoms with van der Waals surface area (Å²) in [5, 5.41) is -0.751. The number of likely N-dealkylation sites (tertiary alicyclic amines) is 1. The van der Waals surface area contributed by atoms with Gasteiger partial charge in [-0.15, -0.1) is 11.3 Å². The largest absolute Gasteiger partial charge is 0.444 e. The Morgan fingerprint density at radius 3 is 2.50 bits per heavy atom. The summed E-state index contributed by atoms with van der Waals surface area (Å²) in [6.45, 7) is 6.57. The molecule has 0 aliphatic carbocycles. The number of carbonyl (C=O) groups is 2. The monoisotopic (exact) mass is 521 g/mol. The van der Waals surface area contributed by atoms with Gasteiger partial charge in [-0.3, -0.25) is 14.7 Å². The van der Waals surface area contributed by atoms with Crippen LogP contribution in [0.2, 0.25) is 5.02 Å². The second-order valence-corrected chi connectivity index (χ2v) is 10.5. The summed E-state index contributed by atoms with van der Waals surface area (Å²) in [6.07, 6.45) is -4.34. The van der Waals surface area contributed by atoms with Crippen LogP contribution in [0.3, 0.4) is 0 Å². The maximum absolute atomic E-state index is 14.4. The second-order valence-electron chi connectivity index (χ2n) is 9.05. The molecule has 0 bridgehead atoms. The van der Waals surface area contributed by atoms with E-state index in [4.69, 9.17) is 16.3 Å². The first-order valence-electron chi connectivity index (χ1n) is 10.5. The maximum atomic E-state index is 14.4. The lowest BCUT2D eigenvalue weighted by Gasteiger charge is -2.30. The summed E-state index contributed by atoms with van der Waals surface area (Å²) >= 11 is 6.64. The van der Waals surface area contributed by atoms with Crippen LogP contribution in [0.15, 0.2) is 18.5 Å². The number of thiazole rings is 1. The highest BCUT2D eigenvalue weighted by atomic mass is 35.5. The number of nitrogens with zero attached hydrogens (tertiary/aromatic N) is 3. The van der Waals surface area contributed by atoms with Crippen LogP contribution in [-0.2, 0) is 22.1 Å². The van der Waals surface area contributed by atoms with E-state index in [1.165, 1.54) is 19.2 Å². The number of aryl methyl sites for hydroxylation is 1. The van der Waals surface area contributed by atoms with E-state index in [1.807, 2.05) is 0 Å². The average Bonchev–Trinajstić information content (AvgIpc) is 3.31. The first-order valence-corrected chi connectivity index (χ1v) is 11.7. The first kappa shape index (κ1) is 26.3. The van der Waals surface area contributed by atoms with E-state index in [1.54, 1.807) is 20.8 Å². The van der Waals surface area contributed by atoms with Gasteiger partial charge in [-0.1, -0.05) is 11.6 Å². The SMILES string of the molecule is C[C@H]1[C@H](F)C[C@@H](C(=O)CCc2cc(-c3cnc(C(F)(F)F)s3)ncc2Cl)N1C(=O)OC(C)(C)C. The van der Waals surface area contributed by atoms with Crippen molar-refractivity contribution >= 4 is 34.8 Å². The zero-order valence-corrected chi connectivity index (χ0v) is 20.5. The van der Waals surface area contributed by atoms with Gasteiger partial charge < -0.3 is 4.74 Å². The minimum atomic E-state index is -4.56. The fraction of sp³-hybridized carbons (Fsp3) is 0.545. The molecule has 1 fully saturated rings. The highest BCUT2D eigenvalue weighted by molar-refractivity contribution is 7.15. The standard InChI is InChI=1S/C22H24ClF4N3O3S/c1-11-14(24)8-16(30(11)20(32)33-21(2,3)4)17(31)6-5-12-7-15(28-9-13(12)23)18-10-29-19(34-18)22(25,26)27/h7,9-11,14,16H,5-6,8H2,1-4H3/t11-,14+,16-/m0/s1. The van der Waals surface area contributed by atoms with Crippen molar-refractivity contribution in [3.63, 3.8) is 0 Å². The highest BCUT2D eigenvalue weighted by Gasteiger charge is 2.46. The number of aromatic nitrogens is 2. The van der Waals surface area contributed by atoms with Crippen molar-refractivity contribution in [2.75, 3.05) is 0 Å². The molecule has 2 aromatic heterocycles. The summed E-state index contributed by atoms with van der Waals surface area (Å²) in [6, 6.07) is -0.283. The zero-order valence-electron chi connectivity index (χ0n) is 18.9. The van der Waals surface area contributed by atoms with Crippen molar-refractivity contribution in [2.24, 2.45) is 0 Å². The van der Waals surface area contributed by atoms with E-state index >= 15 is 0 Å². The topological polar surface area (TPSA) is 72.4 Å². The number of Topliss-reactive ketones (excluding diaryl/α,β-unsaturated/α-hetero) is 1. The Morgan fingerprint density at radius 1 is 1.24 bits per heavy atom. The van der Waals surface area contributed by atoms with Gasteiger partial charge in [0, 0.05) is 25.2 Å². The van der Waals surface area contributed by atoms with Crippen LogP contribution in [0, 0.1) is 0 Å². The molecule has 1 aliphatic rings. The van der Waals surface area contributed by atoms with Gasteiger partial charge in [0.25, 0.3) is 0 Å². The Labute approximate surface area is 203 Å². The normalized spacial score (nSPS) is 21.1. The van der Waals surface area contributed by atoms with Crippen molar-refractivity contribution in [1.29, 1.82) is 0 Å². The molecule has 1 aliphatic heterocycles. The molecule has 0 unspecified atom stereocenters. The Balaban J connectivity index is 1.74. The molecule has 3 heterocycles. The van der Waals surface area contributed by atoms with Crippen LogP contribution < -0.4 is 0 Å². The number of hydrogen-bond acceptors (Lipinski definition) is 6. The molecule has 0 aromatic carbocycles. The van der Waals surface area contributed by atoms with Gasteiger partial charge in [-0.25, -0.2) is 14.2 Å². The number of carbonyl (C=O) groups excluding carboxylic acids is 2. The predicted molar refractivity (Wildman–Crippen MR) is 120 cm³/mol. The van der Waals surface area contributed by atoms with E-state index in [-0.39, 0.29) is 40.6 Å². The number of hydrogen-bond donors (Lipinski definition) is 0.